The number of amides is 2. The topological polar surface area (TPSA) is 84.9 Å². The summed E-state index contributed by atoms with van der Waals surface area (Å²) in [4.78, 5) is 38.2. The molecule has 0 bridgehead atoms. The number of rotatable bonds is 9. The van der Waals surface area contributed by atoms with E-state index in [0.29, 0.717) is 36.5 Å². The number of methoxy groups -OCH3 is 1. The van der Waals surface area contributed by atoms with Crippen LogP contribution in [0.1, 0.15) is 40.1 Å². The van der Waals surface area contributed by atoms with Gasteiger partial charge in [0.15, 0.2) is 6.61 Å². The van der Waals surface area contributed by atoms with Gasteiger partial charge in [0.2, 0.25) is 0 Å². The zero-order valence-corrected chi connectivity index (χ0v) is 16.9. The van der Waals surface area contributed by atoms with Crippen molar-refractivity contribution in [3.8, 4) is 0 Å². The minimum Gasteiger partial charge on any atom is -0.452 e. The minimum absolute atomic E-state index is 0.0579. The second-order valence-electron chi connectivity index (χ2n) is 6.31. The van der Waals surface area contributed by atoms with Gasteiger partial charge in [-0.05, 0) is 55.8 Å². The Hall–Kier alpha value is -3.19. The number of benzene rings is 2. The first-order chi connectivity index (χ1) is 14.0. The molecule has 0 saturated carbocycles. The number of carbonyl (C=O) groups is 3. The lowest BCUT2D eigenvalue weighted by Gasteiger charge is -2.18. The Bertz CT molecular complexity index is 845. The van der Waals surface area contributed by atoms with Crippen LogP contribution in [0, 0.1) is 0 Å². The molecule has 1 N–H and O–H groups in total. The Labute approximate surface area is 170 Å². The molecule has 0 heterocycles. The molecular formula is C22H26N2O5. The van der Waals surface area contributed by atoms with Gasteiger partial charge in [-0.15, -0.1) is 0 Å². The highest BCUT2D eigenvalue weighted by Gasteiger charge is 2.13. The Balaban J connectivity index is 1.88. The number of nitrogens with zero attached hydrogens (tertiary/aromatic N) is 1. The second kappa shape index (κ2) is 11.0. The SMILES string of the molecule is CCN(CC)C(=O)c1ccc(NC(=O)COC(=O)c2cccc(COC)c2)cc1. The normalized spacial score (nSPS) is 10.3. The molecule has 7 nitrogen and oxygen atoms in total. The van der Waals surface area contributed by atoms with Crippen LogP contribution in [-0.4, -0.2) is 49.5 Å². The first-order valence-electron chi connectivity index (χ1n) is 9.42. The highest BCUT2D eigenvalue weighted by atomic mass is 16.5. The van der Waals surface area contributed by atoms with E-state index in [9.17, 15) is 14.4 Å². The number of esters is 1. The quantitative estimate of drug-likeness (QED) is 0.656. The van der Waals surface area contributed by atoms with E-state index in [1.54, 1.807) is 54.5 Å². The molecular weight excluding hydrogens is 372 g/mol. The Morgan fingerprint density at radius 2 is 1.66 bits per heavy atom. The van der Waals surface area contributed by atoms with Crippen molar-refractivity contribution in [1.82, 2.24) is 4.90 Å². The molecule has 2 aromatic rings. The fourth-order valence-corrected chi connectivity index (χ4v) is 2.76. The monoisotopic (exact) mass is 398 g/mol. The van der Waals surface area contributed by atoms with E-state index >= 15 is 0 Å². The van der Waals surface area contributed by atoms with Crippen LogP contribution in [0.3, 0.4) is 0 Å². The van der Waals surface area contributed by atoms with Crippen LogP contribution in [-0.2, 0) is 20.9 Å². The van der Waals surface area contributed by atoms with Crippen molar-refractivity contribution >= 4 is 23.5 Å². The highest BCUT2D eigenvalue weighted by Crippen LogP contribution is 2.12. The molecule has 2 amide bonds. The maximum atomic E-state index is 12.3. The van der Waals surface area contributed by atoms with Gasteiger partial charge in [0.05, 0.1) is 12.2 Å². The molecule has 0 fully saturated rings. The molecule has 0 spiro atoms. The fraction of sp³-hybridized carbons (Fsp3) is 0.318. The van der Waals surface area contributed by atoms with Crippen molar-refractivity contribution < 1.29 is 23.9 Å². The van der Waals surface area contributed by atoms with Gasteiger partial charge in [-0.2, -0.15) is 0 Å². The summed E-state index contributed by atoms with van der Waals surface area (Å²) < 4.78 is 10.1. The van der Waals surface area contributed by atoms with Gasteiger partial charge in [0.25, 0.3) is 11.8 Å². The summed E-state index contributed by atoms with van der Waals surface area (Å²) in [5, 5.41) is 2.64. The average molecular weight is 398 g/mol. The number of carbonyl (C=O) groups excluding carboxylic acids is 3. The van der Waals surface area contributed by atoms with Crippen molar-refractivity contribution in [2.24, 2.45) is 0 Å². The van der Waals surface area contributed by atoms with E-state index in [2.05, 4.69) is 5.32 Å². The van der Waals surface area contributed by atoms with E-state index in [4.69, 9.17) is 9.47 Å². The van der Waals surface area contributed by atoms with Crippen LogP contribution in [0.4, 0.5) is 5.69 Å². The number of ether oxygens (including phenoxy) is 2. The lowest BCUT2D eigenvalue weighted by molar-refractivity contribution is -0.119. The standard InChI is InChI=1S/C22H26N2O5/c1-4-24(5-2)21(26)17-9-11-19(12-10-17)23-20(25)15-29-22(27)18-8-6-7-16(13-18)14-28-3/h6-13H,4-5,14-15H2,1-3H3,(H,23,25). The third-order valence-electron chi connectivity index (χ3n) is 4.27. The number of hydrogen-bond acceptors (Lipinski definition) is 5. The number of nitrogens with one attached hydrogen (secondary N) is 1. The first-order valence-corrected chi connectivity index (χ1v) is 9.42. The maximum Gasteiger partial charge on any atom is 0.338 e. The number of hydrogen-bond donors (Lipinski definition) is 1. The third kappa shape index (κ3) is 6.43. The molecule has 0 radical (unpaired) electrons. The molecule has 29 heavy (non-hydrogen) atoms. The molecule has 2 rings (SSSR count). The molecule has 0 aliphatic carbocycles. The molecule has 0 aliphatic heterocycles. The van der Waals surface area contributed by atoms with Crippen LogP contribution in [0.2, 0.25) is 0 Å². The second-order valence-corrected chi connectivity index (χ2v) is 6.31. The molecule has 7 heteroatoms. The summed E-state index contributed by atoms with van der Waals surface area (Å²) in [5.74, 6) is -1.11. The average Bonchev–Trinajstić information content (AvgIpc) is 2.74. The van der Waals surface area contributed by atoms with Crippen molar-refractivity contribution in [1.29, 1.82) is 0 Å². The summed E-state index contributed by atoms with van der Waals surface area (Å²) in [5.41, 5.74) is 2.26. The van der Waals surface area contributed by atoms with Crippen LogP contribution < -0.4 is 5.32 Å². The van der Waals surface area contributed by atoms with Crippen molar-refractivity contribution in [2.45, 2.75) is 20.5 Å². The summed E-state index contributed by atoms with van der Waals surface area (Å²) in [6, 6.07) is 13.4. The zero-order chi connectivity index (χ0) is 21.2. The molecule has 2 aromatic carbocycles. The zero-order valence-electron chi connectivity index (χ0n) is 16.9. The summed E-state index contributed by atoms with van der Waals surface area (Å²) in [6.07, 6.45) is 0. The molecule has 154 valence electrons. The molecule has 0 saturated heterocycles. The third-order valence-corrected chi connectivity index (χ3v) is 4.27. The van der Waals surface area contributed by atoms with Gasteiger partial charge in [-0.25, -0.2) is 4.79 Å². The maximum absolute atomic E-state index is 12.3. The van der Waals surface area contributed by atoms with Crippen LogP contribution in [0.15, 0.2) is 48.5 Å². The predicted molar refractivity (Wildman–Crippen MR) is 110 cm³/mol. The molecule has 0 aromatic heterocycles. The van der Waals surface area contributed by atoms with Gasteiger partial charge < -0.3 is 19.7 Å². The van der Waals surface area contributed by atoms with Crippen molar-refractivity contribution in [3.63, 3.8) is 0 Å². The van der Waals surface area contributed by atoms with E-state index in [0.717, 1.165) is 5.56 Å². The summed E-state index contributed by atoms with van der Waals surface area (Å²) in [7, 11) is 1.57. The minimum atomic E-state index is -0.585. The Morgan fingerprint density at radius 3 is 2.28 bits per heavy atom. The van der Waals surface area contributed by atoms with Gasteiger partial charge in [-0.1, -0.05) is 12.1 Å². The predicted octanol–water partition coefficient (Wildman–Crippen LogP) is 3.11. The van der Waals surface area contributed by atoms with Crippen molar-refractivity contribution in [3.05, 3.63) is 65.2 Å². The summed E-state index contributed by atoms with van der Waals surface area (Å²) >= 11 is 0. The largest absolute Gasteiger partial charge is 0.452 e. The smallest absolute Gasteiger partial charge is 0.338 e. The van der Waals surface area contributed by atoms with E-state index < -0.39 is 18.5 Å². The fourth-order valence-electron chi connectivity index (χ4n) is 2.76. The Morgan fingerprint density at radius 1 is 0.966 bits per heavy atom. The number of anilines is 1. The van der Waals surface area contributed by atoms with Crippen LogP contribution in [0.25, 0.3) is 0 Å². The highest BCUT2D eigenvalue weighted by molar-refractivity contribution is 5.97. The van der Waals surface area contributed by atoms with E-state index in [1.165, 1.54) is 0 Å². The van der Waals surface area contributed by atoms with Crippen molar-refractivity contribution in [2.75, 3.05) is 32.1 Å². The lowest BCUT2D eigenvalue weighted by atomic mass is 10.1. The van der Waals surface area contributed by atoms with Crippen LogP contribution in [0.5, 0.6) is 0 Å². The summed E-state index contributed by atoms with van der Waals surface area (Å²) in [6.45, 7) is 5.08. The molecule has 0 unspecified atom stereocenters. The van der Waals surface area contributed by atoms with Gasteiger partial charge in [-0.3, -0.25) is 9.59 Å². The molecule has 0 aliphatic rings. The van der Waals surface area contributed by atoms with Gasteiger partial charge in [0.1, 0.15) is 0 Å². The Kier molecular flexibility index (Phi) is 8.36. The van der Waals surface area contributed by atoms with Gasteiger partial charge in [0, 0.05) is 31.5 Å². The van der Waals surface area contributed by atoms with E-state index in [1.807, 2.05) is 19.9 Å². The molecule has 0 atom stereocenters. The lowest BCUT2D eigenvalue weighted by Crippen LogP contribution is -2.30. The van der Waals surface area contributed by atoms with Crippen LogP contribution >= 0.6 is 0 Å². The first kappa shape index (κ1) is 22.1. The van der Waals surface area contributed by atoms with Gasteiger partial charge >= 0.3 is 5.97 Å². The van der Waals surface area contributed by atoms with E-state index in [-0.39, 0.29) is 5.91 Å².